The molecule has 0 bridgehead atoms. The third-order valence-corrected chi connectivity index (χ3v) is 3.37. The van der Waals surface area contributed by atoms with E-state index in [1.54, 1.807) is 7.11 Å². The highest BCUT2D eigenvalue weighted by molar-refractivity contribution is 7.99. The lowest BCUT2D eigenvalue weighted by Crippen LogP contribution is -2.12. The summed E-state index contributed by atoms with van der Waals surface area (Å²) in [4.78, 5) is 11.2. The van der Waals surface area contributed by atoms with Crippen LogP contribution in [0.15, 0.2) is 23.1 Å². The fourth-order valence-electron chi connectivity index (χ4n) is 1.43. The summed E-state index contributed by atoms with van der Waals surface area (Å²) in [5.41, 5.74) is -1.84. The molecule has 0 aliphatic heterocycles. The monoisotopic (exact) mass is 294 g/mol. The smallest absolute Gasteiger partial charge is 0.417 e. The summed E-state index contributed by atoms with van der Waals surface area (Å²) >= 11 is 1.24. The van der Waals surface area contributed by atoms with E-state index in [1.165, 1.54) is 17.8 Å². The van der Waals surface area contributed by atoms with Gasteiger partial charge in [-0.15, -0.1) is 11.8 Å². The third-order valence-electron chi connectivity index (χ3n) is 2.29. The number of thioether (sulfide) groups is 1. The molecule has 19 heavy (non-hydrogen) atoms. The number of ether oxygens (including phenoxy) is 1. The molecular formula is C12H13F3O3S. The van der Waals surface area contributed by atoms with E-state index < -0.39 is 23.3 Å². The van der Waals surface area contributed by atoms with E-state index in [1.807, 2.05) is 0 Å². The lowest BCUT2D eigenvalue weighted by atomic mass is 10.1. The first kappa shape index (κ1) is 15.8. The fraction of sp³-hybridized carbons (Fsp3) is 0.417. The second kappa shape index (κ2) is 6.81. The molecule has 0 amide bonds. The van der Waals surface area contributed by atoms with Crippen LogP contribution in [-0.4, -0.2) is 30.5 Å². The van der Waals surface area contributed by atoms with Crippen molar-refractivity contribution in [3.05, 3.63) is 29.3 Å². The van der Waals surface area contributed by atoms with Gasteiger partial charge in [-0.2, -0.15) is 13.2 Å². The van der Waals surface area contributed by atoms with E-state index in [-0.39, 0.29) is 0 Å². The molecule has 0 saturated carbocycles. The van der Waals surface area contributed by atoms with Gasteiger partial charge in [0.2, 0.25) is 0 Å². The average molecular weight is 294 g/mol. The number of halogens is 3. The van der Waals surface area contributed by atoms with E-state index in [4.69, 9.17) is 9.84 Å². The SMILES string of the molecule is COCCCSc1ccc(C(=O)O)c(C(F)(F)F)c1. The standard InChI is InChI=1S/C12H13F3O3S/c1-18-5-2-6-19-8-3-4-9(11(16)17)10(7-8)12(13,14)15/h3-4,7H,2,5-6H2,1H3,(H,16,17). The number of rotatable bonds is 6. The number of methoxy groups -OCH3 is 1. The van der Waals surface area contributed by atoms with Crippen LogP contribution in [0.2, 0.25) is 0 Å². The largest absolute Gasteiger partial charge is 0.478 e. The van der Waals surface area contributed by atoms with Gasteiger partial charge in [-0.3, -0.25) is 0 Å². The first-order valence-electron chi connectivity index (χ1n) is 5.42. The van der Waals surface area contributed by atoms with E-state index in [2.05, 4.69) is 0 Å². The zero-order chi connectivity index (χ0) is 14.5. The van der Waals surface area contributed by atoms with Gasteiger partial charge in [0.05, 0.1) is 11.1 Å². The van der Waals surface area contributed by atoms with Gasteiger partial charge in [-0.25, -0.2) is 4.79 Å². The van der Waals surface area contributed by atoms with Crippen LogP contribution in [0.1, 0.15) is 22.3 Å². The van der Waals surface area contributed by atoms with Crippen LogP contribution in [-0.2, 0) is 10.9 Å². The molecule has 7 heteroatoms. The van der Waals surface area contributed by atoms with Gasteiger partial charge in [0.1, 0.15) is 0 Å². The maximum absolute atomic E-state index is 12.7. The first-order chi connectivity index (χ1) is 8.86. The van der Waals surface area contributed by atoms with Crippen molar-refractivity contribution < 1.29 is 27.8 Å². The number of carboxylic acids is 1. The van der Waals surface area contributed by atoms with E-state index in [9.17, 15) is 18.0 Å². The zero-order valence-electron chi connectivity index (χ0n) is 10.2. The van der Waals surface area contributed by atoms with Gasteiger partial charge in [0, 0.05) is 24.4 Å². The van der Waals surface area contributed by atoms with Gasteiger partial charge in [-0.1, -0.05) is 0 Å². The Hall–Kier alpha value is -1.21. The normalized spacial score (nSPS) is 11.6. The molecule has 0 atom stereocenters. The molecule has 1 rings (SSSR count). The molecule has 0 heterocycles. The van der Waals surface area contributed by atoms with Crippen LogP contribution in [0.4, 0.5) is 13.2 Å². The second-order valence-electron chi connectivity index (χ2n) is 3.71. The van der Waals surface area contributed by atoms with E-state index >= 15 is 0 Å². The number of alkyl halides is 3. The minimum Gasteiger partial charge on any atom is -0.478 e. The molecule has 0 spiro atoms. The van der Waals surface area contributed by atoms with Crippen LogP contribution >= 0.6 is 11.8 Å². The fourth-order valence-corrected chi connectivity index (χ4v) is 2.29. The lowest BCUT2D eigenvalue weighted by molar-refractivity contribution is -0.138. The topological polar surface area (TPSA) is 46.5 Å². The highest BCUT2D eigenvalue weighted by Crippen LogP contribution is 2.34. The third kappa shape index (κ3) is 4.76. The van der Waals surface area contributed by atoms with Crippen molar-refractivity contribution in [2.45, 2.75) is 17.5 Å². The number of hydrogen-bond acceptors (Lipinski definition) is 3. The van der Waals surface area contributed by atoms with E-state index in [0.29, 0.717) is 23.7 Å². The summed E-state index contributed by atoms with van der Waals surface area (Å²) in [6.45, 7) is 0.534. The molecule has 0 aliphatic rings. The van der Waals surface area contributed by atoms with Crippen molar-refractivity contribution >= 4 is 17.7 Å². The van der Waals surface area contributed by atoms with Gasteiger partial charge in [0.15, 0.2) is 0 Å². The molecule has 0 saturated heterocycles. The number of benzene rings is 1. The van der Waals surface area contributed by atoms with Crippen LogP contribution in [0.5, 0.6) is 0 Å². The maximum atomic E-state index is 12.7. The molecule has 1 aromatic rings. The molecule has 1 N–H and O–H groups in total. The van der Waals surface area contributed by atoms with Crippen molar-refractivity contribution in [1.82, 2.24) is 0 Å². The molecule has 1 aromatic carbocycles. The molecule has 0 unspecified atom stereocenters. The summed E-state index contributed by atoms with van der Waals surface area (Å²) in [5, 5.41) is 8.74. The Kier molecular flexibility index (Phi) is 5.68. The Bertz CT molecular complexity index is 446. The minimum absolute atomic E-state index is 0.397. The van der Waals surface area contributed by atoms with Gasteiger partial charge < -0.3 is 9.84 Å². The number of aromatic carboxylic acids is 1. The van der Waals surface area contributed by atoms with Crippen molar-refractivity contribution in [1.29, 1.82) is 0 Å². The summed E-state index contributed by atoms with van der Waals surface area (Å²) in [6.07, 6.45) is -3.96. The van der Waals surface area contributed by atoms with Gasteiger partial charge in [-0.05, 0) is 24.6 Å². The molecule has 3 nitrogen and oxygen atoms in total. The van der Waals surface area contributed by atoms with Crippen molar-refractivity contribution in [2.75, 3.05) is 19.5 Å². The predicted molar refractivity (Wildman–Crippen MR) is 65.6 cm³/mol. The Morgan fingerprint density at radius 2 is 2.11 bits per heavy atom. The van der Waals surface area contributed by atoms with Crippen LogP contribution in [0.25, 0.3) is 0 Å². The van der Waals surface area contributed by atoms with Gasteiger partial charge >= 0.3 is 12.1 Å². The Labute approximate surface area is 112 Å². The summed E-state index contributed by atoms with van der Waals surface area (Å²) in [7, 11) is 1.55. The molecular weight excluding hydrogens is 281 g/mol. The highest BCUT2D eigenvalue weighted by atomic mass is 32.2. The number of hydrogen-bond donors (Lipinski definition) is 1. The van der Waals surface area contributed by atoms with Crippen LogP contribution in [0, 0.1) is 0 Å². The zero-order valence-corrected chi connectivity index (χ0v) is 11.0. The number of carboxylic acid groups (broad SMARTS) is 1. The molecule has 106 valence electrons. The van der Waals surface area contributed by atoms with Crippen LogP contribution < -0.4 is 0 Å². The molecule has 0 aliphatic carbocycles. The summed E-state index contributed by atoms with van der Waals surface area (Å²) in [5.74, 6) is -0.972. The predicted octanol–water partition coefficient (Wildman–Crippen LogP) is 3.53. The molecule has 0 radical (unpaired) electrons. The second-order valence-corrected chi connectivity index (χ2v) is 4.87. The summed E-state index contributed by atoms with van der Waals surface area (Å²) in [6, 6.07) is 3.25. The Balaban J connectivity index is 2.90. The Morgan fingerprint density at radius 3 is 2.63 bits per heavy atom. The van der Waals surface area contributed by atoms with Crippen molar-refractivity contribution in [3.63, 3.8) is 0 Å². The maximum Gasteiger partial charge on any atom is 0.417 e. The molecule has 0 fully saturated rings. The Morgan fingerprint density at radius 1 is 1.42 bits per heavy atom. The van der Waals surface area contributed by atoms with Crippen LogP contribution in [0.3, 0.4) is 0 Å². The highest BCUT2D eigenvalue weighted by Gasteiger charge is 2.35. The van der Waals surface area contributed by atoms with Crippen molar-refractivity contribution in [2.24, 2.45) is 0 Å². The quantitative estimate of drug-likeness (QED) is 0.644. The molecule has 0 aromatic heterocycles. The van der Waals surface area contributed by atoms with E-state index in [0.717, 1.165) is 12.1 Å². The van der Waals surface area contributed by atoms with Gasteiger partial charge in [0.25, 0.3) is 0 Å². The summed E-state index contributed by atoms with van der Waals surface area (Å²) < 4.78 is 43.1. The lowest BCUT2D eigenvalue weighted by Gasteiger charge is -2.12. The number of carbonyl (C=O) groups is 1. The van der Waals surface area contributed by atoms with Crippen molar-refractivity contribution in [3.8, 4) is 0 Å². The first-order valence-corrected chi connectivity index (χ1v) is 6.41. The average Bonchev–Trinajstić information content (AvgIpc) is 2.33. The minimum atomic E-state index is -4.67.